The van der Waals surface area contributed by atoms with Gasteiger partial charge >= 0.3 is 5.97 Å². The van der Waals surface area contributed by atoms with Crippen molar-refractivity contribution in [2.45, 2.75) is 17.7 Å². The molecule has 0 radical (unpaired) electrons. The highest BCUT2D eigenvalue weighted by molar-refractivity contribution is 7.98. The molecule has 0 unspecified atom stereocenters. The quantitative estimate of drug-likeness (QED) is 0.193. The van der Waals surface area contributed by atoms with Gasteiger partial charge in [0.1, 0.15) is 5.82 Å². The fraction of sp³-hybridized carbons (Fsp3) is 0.108. The number of aromatic carboxylic acids is 1. The molecule has 4 nitrogen and oxygen atoms in total. The van der Waals surface area contributed by atoms with E-state index in [0.29, 0.717) is 18.2 Å². The van der Waals surface area contributed by atoms with E-state index in [1.54, 1.807) is 30.1 Å². The predicted molar refractivity (Wildman–Crippen MR) is 176 cm³/mol. The van der Waals surface area contributed by atoms with Gasteiger partial charge in [0.25, 0.3) is 0 Å². The molecule has 1 N–H and O–H groups in total. The third-order valence-corrected chi connectivity index (χ3v) is 9.42. The van der Waals surface area contributed by atoms with Crippen LogP contribution in [-0.4, -0.2) is 28.3 Å². The Bertz CT molecular complexity index is 2050. The van der Waals surface area contributed by atoms with Crippen LogP contribution in [-0.2, 0) is 4.74 Å². The van der Waals surface area contributed by atoms with E-state index in [1.165, 1.54) is 11.6 Å². The Labute approximate surface area is 263 Å². The number of ether oxygens (including phenoxy) is 1. The molecule has 44 heavy (non-hydrogen) atoms. The van der Waals surface area contributed by atoms with E-state index < -0.39 is 5.97 Å². The van der Waals surface area contributed by atoms with Crippen LogP contribution in [0.3, 0.4) is 0 Å². The smallest absolute Gasteiger partial charge is 0.335 e. The first-order chi connectivity index (χ1) is 21.4. The third-order valence-electron chi connectivity index (χ3n) is 8.13. The second kappa shape index (κ2) is 11.6. The highest BCUT2D eigenvalue weighted by atomic mass is 35.5. The van der Waals surface area contributed by atoms with E-state index in [4.69, 9.17) is 16.3 Å². The van der Waals surface area contributed by atoms with Gasteiger partial charge in [0.15, 0.2) is 0 Å². The van der Waals surface area contributed by atoms with Crippen LogP contribution in [0, 0.1) is 12.7 Å². The molecule has 1 aliphatic heterocycles. The fourth-order valence-electron chi connectivity index (χ4n) is 5.92. The summed E-state index contributed by atoms with van der Waals surface area (Å²) in [7, 11) is 0. The summed E-state index contributed by atoms with van der Waals surface area (Å²) in [5, 5.41) is 11.0. The van der Waals surface area contributed by atoms with Gasteiger partial charge in [-0.1, -0.05) is 60.1 Å². The Morgan fingerprint density at radius 2 is 1.66 bits per heavy atom. The molecule has 0 bridgehead atoms. The van der Waals surface area contributed by atoms with Crippen LogP contribution in [0.15, 0.2) is 114 Å². The maximum Gasteiger partial charge on any atom is 0.335 e. The number of nitrogens with zero attached hydrogens (tertiary/aromatic N) is 1. The average molecular weight is 620 g/mol. The molecule has 6 aromatic rings. The summed E-state index contributed by atoms with van der Waals surface area (Å²) in [5.74, 6) is -0.993. The molecule has 7 rings (SSSR count). The monoisotopic (exact) mass is 619 g/mol. The molecule has 218 valence electrons. The summed E-state index contributed by atoms with van der Waals surface area (Å²) in [5.41, 5.74) is 9.01. The minimum Gasteiger partial charge on any atom is -0.478 e. The van der Waals surface area contributed by atoms with Crippen molar-refractivity contribution in [3.8, 4) is 33.5 Å². The fourth-order valence-corrected chi connectivity index (χ4v) is 7.06. The SMILES string of the molecule is Cc1cc(C(=O)O)ccc1-c1cccc(-c2c(-c3ccccc3C3COC3)c3cc(F)ccc3n2Sc2ccc(Cl)cc2)c1. The normalized spacial score (nSPS) is 13.2. The van der Waals surface area contributed by atoms with Gasteiger partial charge in [0.2, 0.25) is 0 Å². The number of benzene rings is 5. The molecular formula is C37H27ClFNO3S. The van der Waals surface area contributed by atoms with Crippen LogP contribution in [0.2, 0.25) is 5.02 Å². The van der Waals surface area contributed by atoms with E-state index in [0.717, 1.165) is 54.9 Å². The van der Waals surface area contributed by atoms with Gasteiger partial charge in [-0.3, -0.25) is 3.97 Å². The molecule has 1 saturated heterocycles. The summed E-state index contributed by atoms with van der Waals surface area (Å²) in [6.07, 6.45) is 0. The number of rotatable bonds is 7. The second-order valence-electron chi connectivity index (χ2n) is 11.0. The van der Waals surface area contributed by atoms with Gasteiger partial charge in [-0.05, 0) is 107 Å². The zero-order chi connectivity index (χ0) is 30.4. The predicted octanol–water partition coefficient (Wildman–Crippen LogP) is 10.1. The maximum atomic E-state index is 15.0. The molecule has 0 atom stereocenters. The first-order valence-corrected chi connectivity index (χ1v) is 15.4. The van der Waals surface area contributed by atoms with Crippen molar-refractivity contribution < 1.29 is 19.0 Å². The number of hydrogen-bond donors (Lipinski definition) is 1. The van der Waals surface area contributed by atoms with Crippen LogP contribution in [0.1, 0.15) is 27.4 Å². The molecule has 1 fully saturated rings. The molecule has 5 aromatic carbocycles. The molecule has 2 heterocycles. The second-order valence-corrected chi connectivity index (χ2v) is 12.4. The van der Waals surface area contributed by atoms with Crippen LogP contribution < -0.4 is 0 Å². The molecular weight excluding hydrogens is 593 g/mol. The van der Waals surface area contributed by atoms with E-state index >= 15 is 4.39 Å². The molecule has 1 aromatic heterocycles. The van der Waals surface area contributed by atoms with E-state index in [2.05, 4.69) is 28.2 Å². The number of hydrogen-bond acceptors (Lipinski definition) is 3. The Morgan fingerprint density at radius 3 is 2.39 bits per heavy atom. The Hall–Kier alpha value is -4.36. The topological polar surface area (TPSA) is 51.5 Å². The summed E-state index contributed by atoms with van der Waals surface area (Å²) in [4.78, 5) is 12.6. The maximum absolute atomic E-state index is 15.0. The largest absolute Gasteiger partial charge is 0.478 e. The lowest BCUT2D eigenvalue weighted by molar-refractivity contribution is 0.00864. The van der Waals surface area contributed by atoms with Crippen molar-refractivity contribution >= 4 is 40.4 Å². The minimum absolute atomic E-state index is 0.253. The average Bonchev–Trinajstić information content (AvgIpc) is 3.30. The molecule has 1 aliphatic rings. The zero-order valence-electron chi connectivity index (χ0n) is 23.8. The zero-order valence-corrected chi connectivity index (χ0v) is 25.3. The minimum atomic E-state index is -0.954. The summed E-state index contributed by atoms with van der Waals surface area (Å²) in [6.45, 7) is 3.23. The van der Waals surface area contributed by atoms with Gasteiger partial charge in [0.05, 0.1) is 30.0 Å². The number of aromatic nitrogens is 1. The van der Waals surface area contributed by atoms with Gasteiger partial charge in [-0.2, -0.15) is 0 Å². The third kappa shape index (κ3) is 5.19. The summed E-state index contributed by atoms with van der Waals surface area (Å²) < 4.78 is 22.8. The van der Waals surface area contributed by atoms with Gasteiger partial charge < -0.3 is 9.84 Å². The van der Waals surface area contributed by atoms with E-state index in [1.807, 2.05) is 67.6 Å². The lowest BCUT2D eigenvalue weighted by Gasteiger charge is -2.28. The molecule has 0 spiro atoms. The number of carboxylic acids is 1. The van der Waals surface area contributed by atoms with Crippen molar-refractivity contribution in [3.05, 3.63) is 137 Å². The highest BCUT2D eigenvalue weighted by Gasteiger charge is 2.28. The molecule has 0 aliphatic carbocycles. The van der Waals surface area contributed by atoms with Gasteiger partial charge in [0, 0.05) is 32.3 Å². The molecule has 0 saturated carbocycles. The van der Waals surface area contributed by atoms with E-state index in [-0.39, 0.29) is 17.3 Å². The lowest BCUT2D eigenvalue weighted by Crippen LogP contribution is -2.25. The Morgan fingerprint density at radius 1 is 0.886 bits per heavy atom. The lowest BCUT2D eigenvalue weighted by atomic mass is 9.87. The van der Waals surface area contributed by atoms with Gasteiger partial charge in [-0.25, -0.2) is 9.18 Å². The van der Waals surface area contributed by atoms with Crippen molar-refractivity contribution in [3.63, 3.8) is 0 Å². The van der Waals surface area contributed by atoms with Gasteiger partial charge in [-0.15, -0.1) is 0 Å². The Balaban J connectivity index is 1.51. The first kappa shape index (κ1) is 28.4. The van der Waals surface area contributed by atoms with Crippen LogP contribution >= 0.6 is 23.5 Å². The highest BCUT2D eigenvalue weighted by Crippen LogP contribution is 2.48. The number of aryl methyl sites for hydroxylation is 1. The molecule has 0 amide bonds. The Kier molecular flexibility index (Phi) is 7.50. The first-order valence-electron chi connectivity index (χ1n) is 14.3. The number of halogens is 2. The van der Waals surface area contributed by atoms with Crippen LogP contribution in [0.5, 0.6) is 0 Å². The van der Waals surface area contributed by atoms with E-state index in [9.17, 15) is 9.90 Å². The summed E-state index contributed by atoms with van der Waals surface area (Å²) >= 11 is 7.78. The van der Waals surface area contributed by atoms with Crippen molar-refractivity contribution in [2.75, 3.05) is 13.2 Å². The standard InChI is InChI=1S/C37H27ClFNO3S/c1-22-17-25(37(41)42)9-15-30(22)23-5-4-6-24(18-23)36-35(32-8-3-2-7-31(32)26-20-43-21-26)33-19-28(39)12-16-34(33)40(36)44-29-13-10-27(38)11-14-29/h2-19,26H,20-21H2,1H3,(H,41,42). The van der Waals surface area contributed by atoms with Crippen molar-refractivity contribution in [1.29, 1.82) is 0 Å². The van der Waals surface area contributed by atoms with Crippen LogP contribution in [0.4, 0.5) is 4.39 Å². The van der Waals surface area contributed by atoms with Crippen molar-refractivity contribution in [1.82, 2.24) is 3.97 Å². The van der Waals surface area contributed by atoms with Crippen molar-refractivity contribution in [2.24, 2.45) is 0 Å². The summed E-state index contributed by atoms with van der Waals surface area (Å²) in [6, 6.07) is 34.4. The number of carbonyl (C=O) groups is 1. The molecule has 7 heteroatoms. The van der Waals surface area contributed by atoms with Crippen LogP contribution in [0.25, 0.3) is 44.4 Å². The number of carboxylic acid groups (broad SMARTS) is 1. The number of fused-ring (bicyclic) bond motifs is 1.